The number of ether oxygens (including phenoxy) is 1. The molecule has 1 atom stereocenters. The summed E-state index contributed by atoms with van der Waals surface area (Å²) in [5.41, 5.74) is 0.884. The topological polar surface area (TPSA) is 79.5 Å². The fraction of sp³-hybridized carbons (Fsp3) is 0.467. The van der Waals surface area contributed by atoms with Crippen LogP contribution in [0.5, 0.6) is 5.75 Å². The Balaban J connectivity index is 2.07. The quantitative estimate of drug-likeness (QED) is 0.756. The molecule has 1 unspecified atom stereocenters. The number of carbonyl (C=O) groups is 2. The van der Waals surface area contributed by atoms with Crippen molar-refractivity contribution in [3.8, 4) is 5.75 Å². The second kappa shape index (κ2) is 8.05. The summed E-state index contributed by atoms with van der Waals surface area (Å²) in [4.78, 5) is 24.1. The van der Waals surface area contributed by atoms with E-state index in [0.717, 1.165) is 18.1 Å². The maximum atomic E-state index is 12.2. The van der Waals surface area contributed by atoms with E-state index in [1.165, 1.54) is 7.11 Å². The van der Waals surface area contributed by atoms with E-state index in [4.69, 9.17) is 4.74 Å². The van der Waals surface area contributed by atoms with Gasteiger partial charge in [-0.3, -0.25) is 9.59 Å². The molecule has 0 aromatic heterocycles. The van der Waals surface area contributed by atoms with Gasteiger partial charge in [-0.2, -0.15) is 11.8 Å². The van der Waals surface area contributed by atoms with Crippen molar-refractivity contribution in [2.45, 2.75) is 12.5 Å². The normalized spacial score (nSPS) is 17.6. The van der Waals surface area contributed by atoms with Gasteiger partial charge in [0.15, 0.2) is 0 Å². The molecule has 1 aromatic rings. The Hall–Kier alpha value is -1.73. The van der Waals surface area contributed by atoms with Gasteiger partial charge in [-0.05, 0) is 18.2 Å². The molecule has 6 nitrogen and oxygen atoms in total. The predicted molar refractivity (Wildman–Crippen MR) is 88.7 cm³/mol. The van der Waals surface area contributed by atoms with Crippen molar-refractivity contribution in [1.82, 2.24) is 10.6 Å². The first-order chi connectivity index (χ1) is 10.6. The molecule has 3 N–H and O–H groups in total. The lowest BCUT2D eigenvalue weighted by Crippen LogP contribution is -2.40. The third-order valence-electron chi connectivity index (χ3n) is 3.40. The minimum Gasteiger partial charge on any atom is -0.497 e. The molecule has 1 saturated heterocycles. The van der Waals surface area contributed by atoms with Crippen molar-refractivity contribution in [1.29, 1.82) is 0 Å². The van der Waals surface area contributed by atoms with E-state index in [0.29, 0.717) is 23.4 Å². The van der Waals surface area contributed by atoms with E-state index >= 15 is 0 Å². The lowest BCUT2D eigenvalue weighted by molar-refractivity contribution is -0.116. The van der Waals surface area contributed by atoms with Gasteiger partial charge in [0.1, 0.15) is 5.75 Å². The zero-order valence-electron chi connectivity index (χ0n) is 12.8. The first-order valence-corrected chi connectivity index (χ1v) is 8.30. The van der Waals surface area contributed by atoms with E-state index in [2.05, 4.69) is 16.0 Å². The Bertz CT molecular complexity index is 545. The highest BCUT2D eigenvalue weighted by Gasteiger charge is 2.19. The Labute approximate surface area is 134 Å². The number of methoxy groups -OCH3 is 1. The number of amides is 2. The number of nitrogens with one attached hydrogen (secondary N) is 3. The second-order valence-corrected chi connectivity index (χ2v) is 6.12. The van der Waals surface area contributed by atoms with E-state index in [1.54, 1.807) is 25.2 Å². The number of benzene rings is 1. The first kappa shape index (κ1) is 16.6. The molecule has 1 fully saturated rings. The maximum Gasteiger partial charge on any atom is 0.253 e. The summed E-state index contributed by atoms with van der Waals surface area (Å²) in [6.07, 6.45) is 0.395. The highest BCUT2D eigenvalue weighted by molar-refractivity contribution is 7.99. The summed E-state index contributed by atoms with van der Waals surface area (Å²) in [6.45, 7) is 0.925. The third kappa shape index (κ3) is 4.38. The van der Waals surface area contributed by atoms with Gasteiger partial charge < -0.3 is 20.7 Å². The minimum absolute atomic E-state index is 0.102. The smallest absolute Gasteiger partial charge is 0.253 e. The summed E-state index contributed by atoms with van der Waals surface area (Å²) in [7, 11) is 3.09. The van der Waals surface area contributed by atoms with Gasteiger partial charge in [-0.15, -0.1) is 0 Å². The molecule has 0 aliphatic carbocycles. The Morgan fingerprint density at radius 2 is 2.27 bits per heavy atom. The summed E-state index contributed by atoms with van der Waals surface area (Å²) < 4.78 is 5.13. The van der Waals surface area contributed by atoms with Crippen molar-refractivity contribution in [3.63, 3.8) is 0 Å². The maximum absolute atomic E-state index is 12.2. The van der Waals surface area contributed by atoms with Crippen LogP contribution in [0.2, 0.25) is 0 Å². The highest BCUT2D eigenvalue weighted by atomic mass is 32.2. The van der Waals surface area contributed by atoms with Gasteiger partial charge in [0.2, 0.25) is 5.91 Å². The fourth-order valence-electron chi connectivity index (χ4n) is 2.26. The summed E-state index contributed by atoms with van der Waals surface area (Å²) >= 11 is 1.84. The molecule has 1 heterocycles. The predicted octanol–water partition coefficient (Wildman–Crippen LogP) is 1.09. The zero-order chi connectivity index (χ0) is 15.9. The standard InChI is InChI=1S/C15H21N3O3S/c1-16-15(20)12-8-11(21-2)3-4-13(12)18-14(19)7-10-9-22-6-5-17-10/h3-4,8,10,17H,5-7,9H2,1-2H3,(H,16,20)(H,18,19). The highest BCUT2D eigenvalue weighted by Crippen LogP contribution is 2.22. The molecule has 2 amide bonds. The molecule has 1 aliphatic rings. The summed E-state index contributed by atoms with van der Waals surface area (Å²) in [6, 6.07) is 5.20. The minimum atomic E-state index is -0.263. The molecule has 0 saturated carbocycles. The Kier molecular flexibility index (Phi) is 6.09. The van der Waals surface area contributed by atoms with E-state index in [9.17, 15) is 9.59 Å². The van der Waals surface area contributed by atoms with Crippen LogP contribution in [0, 0.1) is 0 Å². The van der Waals surface area contributed by atoms with Crippen molar-refractivity contribution in [2.75, 3.05) is 37.5 Å². The molecule has 2 rings (SSSR count). The molecular weight excluding hydrogens is 302 g/mol. The molecule has 0 bridgehead atoms. The number of hydrogen-bond donors (Lipinski definition) is 3. The number of rotatable bonds is 5. The van der Waals surface area contributed by atoms with Gasteiger partial charge in [-0.25, -0.2) is 0 Å². The monoisotopic (exact) mass is 323 g/mol. The van der Waals surface area contributed by atoms with E-state index in [-0.39, 0.29) is 17.9 Å². The molecule has 0 radical (unpaired) electrons. The molecule has 120 valence electrons. The molecular formula is C15H21N3O3S. The van der Waals surface area contributed by atoms with Crippen molar-refractivity contribution in [3.05, 3.63) is 23.8 Å². The number of anilines is 1. The molecule has 1 aromatic carbocycles. The van der Waals surface area contributed by atoms with Crippen molar-refractivity contribution >= 4 is 29.3 Å². The molecule has 7 heteroatoms. The van der Waals surface area contributed by atoms with E-state index in [1.807, 2.05) is 11.8 Å². The van der Waals surface area contributed by atoms with Gasteiger partial charge in [-0.1, -0.05) is 0 Å². The van der Waals surface area contributed by atoms with Crippen LogP contribution in [0.1, 0.15) is 16.8 Å². The van der Waals surface area contributed by atoms with Crippen LogP contribution in [0.15, 0.2) is 18.2 Å². The van der Waals surface area contributed by atoms with Crippen LogP contribution in [-0.2, 0) is 4.79 Å². The van der Waals surface area contributed by atoms with Gasteiger partial charge in [0, 0.05) is 37.6 Å². The fourth-order valence-corrected chi connectivity index (χ4v) is 3.21. The largest absolute Gasteiger partial charge is 0.497 e. The average molecular weight is 323 g/mol. The lowest BCUT2D eigenvalue weighted by atomic mass is 10.1. The van der Waals surface area contributed by atoms with Crippen LogP contribution in [0.4, 0.5) is 5.69 Å². The van der Waals surface area contributed by atoms with Gasteiger partial charge in [0.25, 0.3) is 5.91 Å². The van der Waals surface area contributed by atoms with Crippen molar-refractivity contribution in [2.24, 2.45) is 0 Å². The third-order valence-corrected chi connectivity index (χ3v) is 4.53. The second-order valence-electron chi connectivity index (χ2n) is 4.97. The van der Waals surface area contributed by atoms with Crippen LogP contribution >= 0.6 is 11.8 Å². The molecule has 22 heavy (non-hydrogen) atoms. The van der Waals surface area contributed by atoms with Crippen LogP contribution in [-0.4, -0.2) is 50.1 Å². The van der Waals surface area contributed by atoms with Crippen LogP contribution in [0.3, 0.4) is 0 Å². The first-order valence-electron chi connectivity index (χ1n) is 7.15. The SMILES string of the molecule is CNC(=O)c1cc(OC)ccc1NC(=O)CC1CSCCN1. The average Bonchev–Trinajstić information content (AvgIpc) is 2.55. The van der Waals surface area contributed by atoms with E-state index < -0.39 is 0 Å². The van der Waals surface area contributed by atoms with Gasteiger partial charge in [0.05, 0.1) is 18.4 Å². The Morgan fingerprint density at radius 3 is 2.91 bits per heavy atom. The lowest BCUT2D eigenvalue weighted by Gasteiger charge is -2.22. The summed E-state index contributed by atoms with van der Waals surface area (Å²) in [5, 5.41) is 8.71. The summed E-state index contributed by atoms with van der Waals surface area (Å²) in [5.74, 6) is 2.22. The zero-order valence-corrected chi connectivity index (χ0v) is 13.6. The van der Waals surface area contributed by atoms with Crippen LogP contribution in [0.25, 0.3) is 0 Å². The number of carbonyl (C=O) groups excluding carboxylic acids is 2. The number of hydrogen-bond acceptors (Lipinski definition) is 5. The van der Waals surface area contributed by atoms with Gasteiger partial charge >= 0.3 is 0 Å². The van der Waals surface area contributed by atoms with Crippen molar-refractivity contribution < 1.29 is 14.3 Å². The van der Waals surface area contributed by atoms with Crippen LogP contribution < -0.4 is 20.7 Å². The number of thioether (sulfide) groups is 1. The molecule has 1 aliphatic heterocycles. The Morgan fingerprint density at radius 1 is 1.45 bits per heavy atom. The molecule has 0 spiro atoms.